The Morgan fingerprint density at radius 3 is 1.64 bits per heavy atom. The molecule has 0 aliphatic rings. The van der Waals surface area contributed by atoms with Gasteiger partial charge in [0.25, 0.3) is 0 Å². The fraction of sp³-hybridized carbons (Fsp3) is 1.00. The van der Waals surface area contributed by atoms with Gasteiger partial charge in [0.05, 0.1) is 5.60 Å². The zero-order valence-corrected chi connectivity index (χ0v) is 9.94. The standard InChI is InChI=1S/C8H20O2Si/c1-7(2,3)9-10-11-8(4,5)6/h11H2,1-6H3. The summed E-state index contributed by atoms with van der Waals surface area (Å²) >= 11 is 0. The molecule has 0 atom stereocenters. The molecule has 0 unspecified atom stereocenters. The molecule has 0 aliphatic carbocycles. The smallest absolute Gasteiger partial charge is 0.214 e. The zero-order chi connectivity index (χ0) is 9.12. The molecule has 2 nitrogen and oxygen atoms in total. The van der Waals surface area contributed by atoms with Crippen molar-refractivity contribution < 1.29 is 9.46 Å². The van der Waals surface area contributed by atoms with Gasteiger partial charge < -0.3 is 0 Å². The van der Waals surface area contributed by atoms with Crippen LogP contribution in [-0.2, 0) is 9.46 Å². The molecular weight excluding hydrogens is 156 g/mol. The molecule has 68 valence electrons. The zero-order valence-electron chi connectivity index (χ0n) is 8.52. The van der Waals surface area contributed by atoms with E-state index in [1.54, 1.807) is 0 Å². The van der Waals surface area contributed by atoms with Crippen molar-refractivity contribution in [1.29, 1.82) is 0 Å². The first kappa shape index (κ1) is 11.1. The molecule has 0 bridgehead atoms. The summed E-state index contributed by atoms with van der Waals surface area (Å²) in [6.45, 7) is 12.5. The maximum atomic E-state index is 5.20. The Morgan fingerprint density at radius 1 is 0.909 bits per heavy atom. The fourth-order valence-corrected chi connectivity index (χ4v) is 1.15. The molecule has 0 heterocycles. The summed E-state index contributed by atoms with van der Waals surface area (Å²) in [5.74, 6) is 0. The van der Waals surface area contributed by atoms with Gasteiger partial charge in [0.1, 0.15) is 0 Å². The highest BCUT2D eigenvalue weighted by molar-refractivity contribution is 6.31. The Kier molecular flexibility index (Phi) is 3.74. The first-order valence-electron chi connectivity index (χ1n) is 4.01. The van der Waals surface area contributed by atoms with Gasteiger partial charge in [-0.25, -0.2) is 4.89 Å². The monoisotopic (exact) mass is 176 g/mol. The van der Waals surface area contributed by atoms with Crippen LogP contribution in [0.2, 0.25) is 5.04 Å². The SMILES string of the molecule is CC(C)(C)OO[SiH2]C(C)(C)C. The second-order valence-electron chi connectivity index (χ2n) is 5.02. The summed E-state index contributed by atoms with van der Waals surface area (Å²) in [6.07, 6.45) is 0. The van der Waals surface area contributed by atoms with Crippen molar-refractivity contribution in [3.05, 3.63) is 0 Å². The lowest BCUT2D eigenvalue weighted by molar-refractivity contribution is -0.278. The van der Waals surface area contributed by atoms with E-state index in [2.05, 4.69) is 20.8 Å². The Labute approximate surface area is 72.1 Å². The molecule has 11 heavy (non-hydrogen) atoms. The first-order chi connectivity index (χ1) is 4.71. The van der Waals surface area contributed by atoms with Crippen molar-refractivity contribution in [3.8, 4) is 0 Å². The van der Waals surface area contributed by atoms with Gasteiger partial charge in [-0.1, -0.05) is 20.8 Å². The number of rotatable bonds is 2. The molecule has 0 radical (unpaired) electrons. The van der Waals surface area contributed by atoms with E-state index in [0.29, 0.717) is 5.04 Å². The largest absolute Gasteiger partial charge is 0.293 e. The Morgan fingerprint density at radius 2 is 1.36 bits per heavy atom. The van der Waals surface area contributed by atoms with Crippen LogP contribution in [0.5, 0.6) is 0 Å². The highest BCUT2D eigenvalue weighted by atomic mass is 28.2. The fourth-order valence-electron chi connectivity index (χ4n) is 0.383. The summed E-state index contributed by atoms with van der Waals surface area (Å²) in [5, 5.41) is 0.311. The lowest BCUT2D eigenvalue weighted by atomic mass is 10.2. The van der Waals surface area contributed by atoms with Gasteiger partial charge in [-0.3, -0.25) is 4.58 Å². The van der Waals surface area contributed by atoms with Crippen molar-refractivity contribution in [2.45, 2.75) is 52.2 Å². The third kappa shape index (κ3) is 10.1. The third-order valence-corrected chi connectivity index (χ3v) is 1.90. The van der Waals surface area contributed by atoms with E-state index in [1.165, 1.54) is 0 Å². The normalized spacial score (nSPS) is 14.7. The van der Waals surface area contributed by atoms with Crippen LogP contribution in [0.1, 0.15) is 41.5 Å². The topological polar surface area (TPSA) is 18.5 Å². The van der Waals surface area contributed by atoms with Crippen molar-refractivity contribution >= 4 is 9.76 Å². The molecule has 0 spiro atoms. The van der Waals surface area contributed by atoms with Crippen molar-refractivity contribution in [2.75, 3.05) is 0 Å². The van der Waals surface area contributed by atoms with Crippen LogP contribution in [0.15, 0.2) is 0 Å². The Bertz CT molecular complexity index is 96.2. The average molecular weight is 176 g/mol. The molecule has 0 aromatic carbocycles. The van der Waals surface area contributed by atoms with E-state index in [-0.39, 0.29) is 5.60 Å². The minimum Gasteiger partial charge on any atom is -0.293 e. The molecule has 0 fully saturated rings. The Hall–Kier alpha value is 0.137. The molecule has 0 rings (SSSR count). The van der Waals surface area contributed by atoms with Gasteiger partial charge >= 0.3 is 0 Å². The maximum absolute atomic E-state index is 5.20. The lowest BCUT2D eigenvalue weighted by Gasteiger charge is -2.22. The third-order valence-electron chi connectivity index (χ3n) is 0.801. The van der Waals surface area contributed by atoms with E-state index in [0.717, 1.165) is 0 Å². The van der Waals surface area contributed by atoms with Gasteiger partial charge in [-0.15, -0.1) is 0 Å². The Balaban J connectivity index is 3.44. The summed E-state index contributed by atoms with van der Waals surface area (Å²) < 4.78 is 5.20. The van der Waals surface area contributed by atoms with Gasteiger partial charge in [0.15, 0.2) is 0 Å². The maximum Gasteiger partial charge on any atom is 0.214 e. The quantitative estimate of drug-likeness (QED) is 0.364. The molecule has 0 amide bonds. The second-order valence-corrected chi connectivity index (χ2v) is 7.66. The average Bonchev–Trinajstić information content (AvgIpc) is 1.55. The molecule has 0 saturated heterocycles. The summed E-state index contributed by atoms with van der Waals surface area (Å²) in [4.78, 5) is 5.17. The van der Waals surface area contributed by atoms with E-state index in [9.17, 15) is 0 Å². The van der Waals surface area contributed by atoms with Crippen LogP contribution in [0.25, 0.3) is 0 Å². The lowest BCUT2D eigenvalue weighted by Crippen LogP contribution is -2.23. The minimum absolute atomic E-state index is 0.168. The van der Waals surface area contributed by atoms with Crippen LogP contribution >= 0.6 is 0 Å². The molecule has 0 N–H and O–H groups in total. The highest BCUT2D eigenvalue weighted by Gasteiger charge is 2.16. The number of hydrogen-bond acceptors (Lipinski definition) is 2. The molecule has 0 saturated carbocycles. The predicted molar refractivity (Wildman–Crippen MR) is 50.2 cm³/mol. The van der Waals surface area contributed by atoms with E-state index in [4.69, 9.17) is 9.46 Å². The van der Waals surface area contributed by atoms with E-state index in [1.807, 2.05) is 20.8 Å². The summed E-state index contributed by atoms with van der Waals surface area (Å²) in [5.41, 5.74) is -0.168. The van der Waals surface area contributed by atoms with Gasteiger partial charge in [0.2, 0.25) is 9.76 Å². The second kappa shape index (κ2) is 3.69. The van der Waals surface area contributed by atoms with Gasteiger partial charge in [-0.2, -0.15) is 0 Å². The molecule has 3 heteroatoms. The molecular formula is C8H20O2Si. The van der Waals surface area contributed by atoms with Crippen LogP contribution in [0, 0.1) is 0 Å². The first-order valence-corrected chi connectivity index (χ1v) is 5.30. The van der Waals surface area contributed by atoms with Crippen LogP contribution in [0.3, 0.4) is 0 Å². The van der Waals surface area contributed by atoms with Crippen LogP contribution < -0.4 is 0 Å². The van der Waals surface area contributed by atoms with Crippen LogP contribution in [-0.4, -0.2) is 15.4 Å². The highest BCUT2D eigenvalue weighted by Crippen LogP contribution is 2.21. The number of hydrogen-bond donors (Lipinski definition) is 0. The van der Waals surface area contributed by atoms with Crippen molar-refractivity contribution in [3.63, 3.8) is 0 Å². The molecule has 0 aromatic rings. The molecule has 0 aromatic heterocycles. The summed E-state index contributed by atoms with van der Waals surface area (Å²) in [6, 6.07) is 0. The van der Waals surface area contributed by atoms with Crippen molar-refractivity contribution in [1.82, 2.24) is 0 Å². The minimum atomic E-state index is -0.552. The van der Waals surface area contributed by atoms with E-state index < -0.39 is 9.76 Å². The predicted octanol–water partition coefficient (Wildman–Crippen LogP) is 2.04. The van der Waals surface area contributed by atoms with Crippen LogP contribution in [0.4, 0.5) is 0 Å². The summed E-state index contributed by atoms with van der Waals surface area (Å²) in [7, 11) is -0.552. The van der Waals surface area contributed by atoms with Gasteiger partial charge in [-0.05, 0) is 25.8 Å². The van der Waals surface area contributed by atoms with Crippen molar-refractivity contribution in [2.24, 2.45) is 0 Å². The molecule has 0 aliphatic heterocycles. The van der Waals surface area contributed by atoms with E-state index >= 15 is 0 Å². The van der Waals surface area contributed by atoms with Gasteiger partial charge in [0, 0.05) is 0 Å².